The van der Waals surface area contributed by atoms with Crippen LogP contribution in [-0.2, 0) is 17.8 Å². The van der Waals surface area contributed by atoms with Crippen molar-refractivity contribution >= 4 is 17.2 Å². The van der Waals surface area contributed by atoms with Crippen LogP contribution in [0.2, 0.25) is 0 Å². The maximum atomic E-state index is 11.4. The van der Waals surface area contributed by atoms with Crippen molar-refractivity contribution in [2.45, 2.75) is 32.7 Å². The Morgan fingerprint density at radius 1 is 1.60 bits per heavy atom. The van der Waals surface area contributed by atoms with Gasteiger partial charge in [0.25, 0.3) is 0 Å². The van der Waals surface area contributed by atoms with E-state index >= 15 is 0 Å². The lowest BCUT2D eigenvalue weighted by Crippen LogP contribution is -2.18. The fourth-order valence-electron chi connectivity index (χ4n) is 1.25. The van der Waals surface area contributed by atoms with E-state index in [1.54, 1.807) is 0 Å². The van der Waals surface area contributed by atoms with Crippen molar-refractivity contribution in [2.75, 3.05) is 0 Å². The second-order valence-corrected chi connectivity index (χ2v) is 4.28. The molecule has 3 N–H and O–H groups in total. The van der Waals surface area contributed by atoms with Gasteiger partial charge in [-0.2, -0.15) is 0 Å². The summed E-state index contributed by atoms with van der Waals surface area (Å²) in [5.74, 6) is -0.502. The van der Waals surface area contributed by atoms with Crippen LogP contribution in [-0.4, -0.2) is 15.6 Å². The quantitative estimate of drug-likeness (QED) is 0.769. The lowest BCUT2D eigenvalue weighted by Gasteiger charge is -2.01. The molecule has 1 amide bonds. The van der Waals surface area contributed by atoms with Gasteiger partial charge in [0.15, 0.2) is 0 Å². The summed E-state index contributed by atoms with van der Waals surface area (Å²) in [5.41, 5.74) is 4.97. The molecule has 6 heteroatoms. The van der Waals surface area contributed by atoms with Crippen LogP contribution in [0.5, 0.6) is 5.88 Å². The Morgan fingerprint density at radius 2 is 2.27 bits per heavy atom. The average Bonchev–Trinajstić information content (AvgIpc) is 2.40. The minimum atomic E-state index is -0.482. The van der Waals surface area contributed by atoms with Crippen molar-refractivity contribution in [3.63, 3.8) is 0 Å². The van der Waals surface area contributed by atoms with Crippen molar-refractivity contribution < 1.29 is 9.90 Å². The van der Waals surface area contributed by atoms with Crippen LogP contribution in [0.25, 0.3) is 0 Å². The first-order valence-electron chi connectivity index (χ1n) is 4.76. The SMILES string of the molecule is CCCc1sc(=O)n(CCC(N)=O)c1O. The highest BCUT2D eigenvalue weighted by Crippen LogP contribution is 2.21. The molecule has 0 saturated heterocycles. The largest absolute Gasteiger partial charge is 0.494 e. The van der Waals surface area contributed by atoms with Gasteiger partial charge in [-0.3, -0.25) is 14.2 Å². The van der Waals surface area contributed by atoms with Gasteiger partial charge in [0, 0.05) is 13.0 Å². The molecule has 0 aromatic carbocycles. The predicted molar refractivity (Wildman–Crippen MR) is 58.1 cm³/mol. The molecule has 0 aliphatic carbocycles. The van der Waals surface area contributed by atoms with E-state index in [1.165, 1.54) is 4.57 Å². The number of thiazole rings is 1. The second kappa shape index (κ2) is 4.97. The third kappa shape index (κ3) is 2.82. The normalized spacial score (nSPS) is 10.5. The molecule has 0 unspecified atom stereocenters. The van der Waals surface area contributed by atoms with Gasteiger partial charge in [-0.25, -0.2) is 0 Å². The molecule has 0 bridgehead atoms. The molecule has 0 fully saturated rings. The standard InChI is InChI=1S/C9H14N2O3S/c1-2-3-6-8(13)11(9(14)15-6)5-4-7(10)12/h13H,2-5H2,1H3,(H2,10,12). The summed E-state index contributed by atoms with van der Waals surface area (Å²) >= 11 is 1.02. The van der Waals surface area contributed by atoms with Crippen LogP contribution in [0.3, 0.4) is 0 Å². The fourth-order valence-corrected chi connectivity index (χ4v) is 2.26. The van der Waals surface area contributed by atoms with Crippen molar-refractivity contribution in [2.24, 2.45) is 5.73 Å². The molecule has 0 atom stereocenters. The number of aryl methyl sites for hydroxylation is 1. The molecule has 0 spiro atoms. The van der Waals surface area contributed by atoms with Crippen molar-refractivity contribution in [3.05, 3.63) is 14.5 Å². The Labute approximate surface area is 91.1 Å². The summed E-state index contributed by atoms with van der Waals surface area (Å²) in [6.45, 7) is 2.12. The fraction of sp³-hybridized carbons (Fsp3) is 0.556. The van der Waals surface area contributed by atoms with Crippen LogP contribution in [0.15, 0.2) is 4.79 Å². The zero-order valence-electron chi connectivity index (χ0n) is 8.52. The van der Waals surface area contributed by atoms with Gasteiger partial charge in [-0.15, -0.1) is 0 Å². The van der Waals surface area contributed by atoms with Gasteiger partial charge in [0.2, 0.25) is 11.8 Å². The van der Waals surface area contributed by atoms with E-state index < -0.39 is 5.91 Å². The summed E-state index contributed by atoms with van der Waals surface area (Å²) in [6.07, 6.45) is 1.61. The molecule has 15 heavy (non-hydrogen) atoms. The molecule has 1 heterocycles. The van der Waals surface area contributed by atoms with Gasteiger partial charge < -0.3 is 10.8 Å². The molecule has 0 aliphatic rings. The number of rotatable bonds is 5. The maximum Gasteiger partial charge on any atom is 0.310 e. The van der Waals surface area contributed by atoms with E-state index in [4.69, 9.17) is 5.73 Å². The highest BCUT2D eigenvalue weighted by atomic mass is 32.1. The lowest BCUT2D eigenvalue weighted by molar-refractivity contribution is -0.118. The molecular formula is C9H14N2O3S. The molecule has 0 saturated carbocycles. The van der Waals surface area contributed by atoms with E-state index in [2.05, 4.69) is 0 Å². The van der Waals surface area contributed by atoms with Crippen molar-refractivity contribution in [1.82, 2.24) is 4.57 Å². The van der Waals surface area contributed by atoms with Gasteiger partial charge >= 0.3 is 4.87 Å². The number of aromatic hydroxyl groups is 1. The summed E-state index contributed by atoms with van der Waals surface area (Å²) in [4.78, 5) is 22.4. The van der Waals surface area contributed by atoms with Gasteiger partial charge in [-0.1, -0.05) is 24.7 Å². The first-order valence-corrected chi connectivity index (χ1v) is 5.57. The molecular weight excluding hydrogens is 216 g/mol. The molecule has 1 aromatic rings. The highest BCUT2D eigenvalue weighted by molar-refractivity contribution is 7.09. The zero-order chi connectivity index (χ0) is 11.4. The monoisotopic (exact) mass is 230 g/mol. The lowest BCUT2D eigenvalue weighted by atomic mass is 10.3. The van der Waals surface area contributed by atoms with Crippen LogP contribution in [0.4, 0.5) is 0 Å². The Balaban J connectivity index is 2.87. The van der Waals surface area contributed by atoms with Crippen LogP contribution in [0, 0.1) is 0 Å². The Kier molecular flexibility index (Phi) is 3.90. The van der Waals surface area contributed by atoms with Crippen LogP contribution in [0.1, 0.15) is 24.6 Å². The third-order valence-corrected chi connectivity index (χ3v) is 3.02. The van der Waals surface area contributed by atoms with E-state index in [-0.39, 0.29) is 23.7 Å². The number of primary amides is 1. The number of aromatic nitrogens is 1. The molecule has 0 radical (unpaired) electrons. The zero-order valence-corrected chi connectivity index (χ0v) is 9.34. The summed E-state index contributed by atoms with van der Waals surface area (Å²) in [6, 6.07) is 0. The Morgan fingerprint density at radius 3 is 2.80 bits per heavy atom. The molecule has 1 rings (SSSR count). The smallest absolute Gasteiger partial charge is 0.310 e. The van der Waals surface area contributed by atoms with Crippen LogP contribution < -0.4 is 10.6 Å². The second-order valence-electron chi connectivity index (χ2n) is 3.23. The highest BCUT2D eigenvalue weighted by Gasteiger charge is 2.13. The van der Waals surface area contributed by atoms with Gasteiger partial charge in [0.05, 0.1) is 4.88 Å². The number of carbonyl (C=O) groups excluding carboxylic acids is 1. The average molecular weight is 230 g/mol. The van der Waals surface area contributed by atoms with Gasteiger partial charge in [-0.05, 0) is 6.42 Å². The first kappa shape index (κ1) is 11.8. The molecule has 84 valence electrons. The topological polar surface area (TPSA) is 85.3 Å². The predicted octanol–water partition coefficient (Wildman–Crippen LogP) is 0.443. The Bertz CT molecular complexity index is 408. The van der Waals surface area contributed by atoms with Crippen molar-refractivity contribution in [3.8, 4) is 5.88 Å². The number of amides is 1. The maximum absolute atomic E-state index is 11.4. The number of nitrogens with two attached hydrogens (primary N) is 1. The number of nitrogens with zero attached hydrogens (tertiary/aromatic N) is 1. The van der Waals surface area contributed by atoms with E-state index in [9.17, 15) is 14.7 Å². The van der Waals surface area contributed by atoms with Gasteiger partial charge in [0.1, 0.15) is 0 Å². The number of hydrogen-bond donors (Lipinski definition) is 2. The molecule has 5 nitrogen and oxygen atoms in total. The molecule has 1 aromatic heterocycles. The van der Waals surface area contributed by atoms with E-state index in [1.807, 2.05) is 6.92 Å². The van der Waals surface area contributed by atoms with Crippen LogP contribution >= 0.6 is 11.3 Å². The number of hydrogen-bond acceptors (Lipinski definition) is 4. The summed E-state index contributed by atoms with van der Waals surface area (Å²) in [7, 11) is 0. The summed E-state index contributed by atoms with van der Waals surface area (Å²) < 4.78 is 1.19. The Hall–Kier alpha value is -1.30. The third-order valence-electron chi connectivity index (χ3n) is 1.99. The minimum absolute atomic E-state index is 0.0203. The first-order chi connectivity index (χ1) is 7.06. The number of carbonyl (C=O) groups is 1. The minimum Gasteiger partial charge on any atom is -0.494 e. The summed E-state index contributed by atoms with van der Waals surface area (Å²) in [5, 5.41) is 9.67. The van der Waals surface area contributed by atoms with E-state index in [0.717, 1.165) is 17.8 Å². The van der Waals surface area contributed by atoms with E-state index in [0.29, 0.717) is 11.3 Å². The molecule has 0 aliphatic heterocycles. The van der Waals surface area contributed by atoms with Crippen molar-refractivity contribution in [1.29, 1.82) is 0 Å².